The number of benzene rings is 1. The number of Topliss-reactive ketones (excluding diaryl/α,β-unsaturated/α-hetero) is 1. The summed E-state index contributed by atoms with van der Waals surface area (Å²) in [4.78, 5) is 24.0. The van der Waals surface area contributed by atoms with Crippen LogP contribution in [0.2, 0.25) is 0 Å². The van der Waals surface area contributed by atoms with Gasteiger partial charge in [0.25, 0.3) is 0 Å². The molecule has 1 aromatic carbocycles. The van der Waals surface area contributed by atoms with E-state index in [2.05, 4.69) is 9.88 Å². The summed E-state index contributed by atoms with van der Waals surface area (Å²) in [6.45, 7) is 6.74. The lowest BCUT2D eigenvalue weighted by Crippen LogP contribution is -2.36. The number of aryl methyl sites for hydroxylation is 1. The number of fused-ring (bicyclic) bond motifs is 1. The molecule has 0 bridgehead atoms. The number of anilines is 1. The zero-order valence-electron chi connectivity index (χ0n) is 17.8. The summed E-state index contributed by atoms with van der Waals surface area (Å²) in [5.74, 6) is 0.561. The fourth-order valence-corrected chi connectivity index (χ4v) is 4.26. The fourth-order valence-electron chi connectivity index (χ4n) is 4.26. The van der Waals surface area contributed by atoms with E-state index in [0.29, 0.717) is 30.3 Å². The average molecular weight is 420 g/mol. The Labute approximate surface area is 180 Å². The van der Waals surface area contributed by atoms with Gasteiger partial charge in [-0.3, -0.25) is 9.36 Å². The lowest BCUT2D eigenvalue weighted by atomic mass is 9.75. The number of halogens is 1. The third kappa shape index (κ3) is 3.74. The van der Waals surface area contributed by atoms with E-state index < -0.39 is 0 Å². The number of nitrogens with zero attached hydrogens (tertiary/aromatic N) is 4. The van der Waals surface area contributed by atoms with Crippen molar-refractivity contribution >= 4 is 11.5 Å². The van der Waals surface area contributed by atoms with Gasteiger partial charge in [0.1, 0.15) is 18.0 Å². The van der Waals surface area contributed by atoms with Crippen LogP contribution in [0.1, 0.15) is 36.3 Å². The summed E-state index contributed by atoms with van der Waals surface area (Å²) in [7, 11) is 0. The van der Waals surface area contributed by atoms with Crippen LogP contribution in [0.5, 0.6) is 0 Å². The minimum atomic E-state index is -0.339. The van der Waals surface area contributed by atoms with Crippen molar-refractivity contribution in [3.8, 4) is 17.1 Å². The van der Waals surface area contributed by atoms with Crippen LogP contribution >= 0.6 is 0 Å². The highest BCUT2D eigenvalue weighted by molar-refractivity contribution is 6.02. The maximum absolute atomic E-state index is 14.3. The van der Waals surface area contributed by atoms with E-state index >= 15 is 0 Å². The first-order chi connectivity index (χ1) is 14.9. The maximum Gasteiger partial charge on any atom is 0.170 e. The molecule has 0 spiro atoms. The topological polar surface area (TPSA) is 60.3 Å². The van der Waals surface area contributed by atoms with E-state index in [1.165, 1.54) is 6.07 Å². The molecule has 5 rings (SSSR count). The lowest BCUT2D eigenvalue weighted by Gasteiger charge is -2.29. The Morgan fingerprint density at radius 3 is 2.74 bits per heavy atom. The number of carbonyl (C=O) groups excluding carboxylic acids is 1. The molecule has 2 aliphatic rings. The van der Waals surface area contributed by atoms with Crippen molar-refractivity contribution in [1.29, 1.82) is 0 Å². The number of ether oxygens (including phenoxy) is 1. The van der Waals surface area contributed by atoms with Gasteiger partial charge in [0.15, 0.2) is 5.78 Å². The second-order valence-electron chi connectivity index (χ2n) is 8.84. The van der Waals surface area contributed by atoms with Crippen molar-refractivity contribution in [2.45, 2.75) is 26.7 Å². The Morgan fingerprint density at radius 2 is 1.94 bits per heavy atom. The molecule has 0 atom stereocenters. The Hall–Kier alpha value is -3.06. The molecule has 3 aromatic rings. The number of morpholine rings is 1. The average Bonchev–Trinajstić information content (AvgIpc) is 3.27. The van der Waals surface area contributed by atoms with Crippen LogP contribution in [0.15, 0.2) is 42.9 Å². The van der Waals surface area contributed by atoms with E-state index in [9.17, 15) is 9.18 Å². The molecule has 0 N–H and O–H groups in total. The first-order valence-electron chi connectivity index (χ1n) is 10.6. The summed E-state index contributed by atoms with van der Waals surface area (Å²) in [5.41, 5.74) is 3.42. The van der Waals surface area contributed by atoms with Crippen LogP contribution in [0, 0.1) is 11.2 Å². The molecule has 3 heterocycles. The van der Waals surface area contributed by atoms with Gasteiger partial charge >= 0.3 is 0 Å². The first-order valence-corrected chi connectivity index (χ1v) is 10.6. The summed E-state index contributed by atoms with van der Waals surface area (Å²) in [5, 5.41) is 0. The number of hydrogen-bond acceptors (Lipinski definition) is 5. The monoisotopic (exact) mass is 420 g/mol. The normalized spacial score (nSPS) is 18.2. The van der Waals surface area contributed by atoms with Gasteiger partial charge in [-0.2, -0.15) is 0 Å². The van der Waals surface area contributed by atoms with Gasteiger partial charge in [-0.15, -0.1) is 0 Å². The van der Waals surface area contributed by atoms with E-state index in [-0.39, 0.29) is 17.0 Å². The number of aromatic nitrogens is 3. The predicted octanol–water partition coefficient (Wildman–Crippen LogP) is 4.07. The largest absolute Gasteiger partial charge is 0.378 e. The number of carbonyl (C=O) groups is 1. The minimum Gasteiger partial charge on any atom is -0.378 e. The van der Waals surface area contributed by atoms with Crippen LogP contribution < -0.4 is 4.90 Å². The minimum absolute atomic E-state index is 0.148. The van der Waals surface area contributed by atoms with Crippen LogP contribution in [-0.4, -0.2) is 46.6 Å². The summed E-state index contributed by atoms with van der Waals surface area (Å²) in [6.07, 6.45) is 5.09. The standard InChI is InChI=1S/C24H25FN4O2/c1-24(2)6-5-20-19(23(24)30)3-4-22(27-20)29-14-21(26-15-29)16-11-17(25)13-18(12-16)28-7-9-31-10-8-28/h3-4,11-15H,5-10H2,1-2H3. The molecule has 1 aliphatic heterocycles. The van der Waals surface area contributed by atoms with Crippen LogP contribution in [-0.2, 0) is 11.2 Å². The number of imidazole rings is 1. The SMILES string of the molecule is CC1(C)CCc2nc(-n3cnc(-c4cc(F)cc(N5CCOCC5)c4)c3)ccc2C1=O. The van der Waals surface area contributed by atoms with Crippen molar-refractivity contribution in [3.63, 3.8) is 0 Å². The Bertz CT molecular complexity index is 1150. The molecule has 0 saturated carbocycles. The van der Waals surface area contributed by atoms with E-state index in [1.807, 2.05) is 42.8 Å². The van der Waals surface area contributed by atoms with Crippen LogP contribution in [0.4, 0.5) is 10.1 Å². The second kappa shape index (κ2) is 7.57. The van der Waals surface area contributed by atoms with Crippen molar-refractivity contribution in [2.75, 3.05) is 31.2 Å². The van der Waals surface area contributed by atoms with Crippen molar-refractivity contribution in [1.82, 2.24) is 14.5 Å². The smallest absolute Gasteiger partial charge is 0.170 e. The van der Waals surface area contributed by atoms with Gasteiger partial charge in [0.05, 0.1) is 24.6 Å². The van der Waals surface area contributed by atoms with Crippen LogP contribution in [0.25, 0.3) is 17.1 Å². The first kappa shape index (κ1) is 19.9. The molecule has 0 radical (unpaired) electrons. The summed E-state index contributed by atoms with van der Waals surface area (Å²) in [6, 6.07) is 8.71. The van der Waals surface area contributed by atoms with Gasteiger partial charge in [-0.1, -0.05) is 13.8 Å². The molecule has 160 valence electrons. The number of ketones is 1. The second-order valence-corrected chi connectivity index (χ2v) is 8.84. The molecular weight excluding hydrogens is 395 g/mol. The Balaban J connectivity index is 1.45. The number of hydrogen-bond donors (Lipinski definition) is 0. The van der Waals surface area contributed by atoms with Crippen LogP contribution in [0.3, 0.4) is 0 Å². The van der Waals surface area contributed by atoms with Crippen molar-refractivity contribution in [3.05, 3.63) is 59.9 Å². The fraction of sp³-hybridized carbons (Fsp3) is 0.375. The molecule has 0 amide bonds. The Morgan fingerprint density at radius 1 is 1.13 bits per heavy atom. The van der Waals surface area contributed by atoms with Gasteiger partial charge in [0, 0.05) is 41.5 Å². The predicted molar refractivity (Wildman–Crippen MR) is 116 cm³/mol. The molecule has 1 saturated heterocycles. The lowest BCUT2D eigenvalue weighted by molar-refractivity contribution is 0.0809. The Kier molecular flexibility index (Phi) is 4.85. The molecule has 6 nitrogen and oxygen atoms in total. The van der Waals surface area contributed by atoms with Gasteiger partial charge in [-0.05, 0) is 43.2 Å². The molecular formula is C24H25FN4O2. The molecule has 1 aliphatic carbocycles. The summed E-state index contributed by atoms with van der Waals surface area (Å²) >= 11 is 0. The molecule has 1 fully saturated rings. The quantitative estimate of drug-likeness (QED) is 0.639. The summed E-state index contributed by atoms with van der Waals surface area (Å²) < 4.78 is 21.6. The molecule has 0 unspecified atom stereocenters. The number of pyridine rings is 1. The van der Waals surface area contributed by atoms with Gasteiger partial charge < -0.3 is 9.64 Å². The molecule has 2 aromatic heterocycles. The van der Waals surface area contributed by atoms with Crippen molar-refractivity contribution in [2.24, 2.45) is 5.41 Å². The van der Waals surface area contributed by atoms with E-state index in [1.54, 1.807) is 12.4 Å². The highest BCUT2D eigenvalue weighted by Crippen LogP contribution is 2.34. The number of rotatable bonds is 3. The highest BCUT2D eigenvalue weighted by atomic mass is 19.1. The maximum atomic E-state index is 14.3. The van der Waals surface area contributed by atoms with E-state index in [4.69, 9.17) is 9.72 Å². The van der Waals surface area contributed by atoms with Gasteiger partial charge in [0.2, 0.25) is 0 Å². The third-order valence-corrected chi connectivity index (χ3v) is 6.21. The van der Waals surface area contributed by atoms with Gasteiger partial charge in [-0.25, -0.2) is 14.4 Å². The third-order valence-electron chi connectivity index (χ3n) is 6.21. The zero-order valence-corrected chi connectivity index (χ0v) is 17.8. The highest BCUT2D eigenvalue weighted by Gasteiger charge is 2.34. The zero-order chi connectivity index (χ0) is 21.6. The molecule has 31 heavy (non-hydrogen) atoms. The van der Waals surface area contributed by atoms with E-state index in [0.717, 1.165) is 42.9 Å². The van der Waals surface area contributed by atoms with Crippen molar-refractivity contribution < 1.29 is 13.9 Å². The molecule has 7 heteroatoms.